The van der Waals surface area contributed by atoms with E-state index in [2.05, 4.69) is 10.5 Å². The summed E-state index contributed by atoms with van der Waals surface area (Å²) >= 11 is 0. The molecule has 0 radical (unpaired) electrons. The Kier molecular flexibility index (Phi) is 4.84. The molecule has 130 valence electrons. The van der Waals surface area contributed by atoms with Crippen LogP contribution >= 0.6 is 0 Å². The van der Waals surface area contributed by atoms with Crippen molar-refractivity contribution in [3.05, 3.63) is 87.9 Å². The van der Waals surface area contributed by atoms with E-state index in [-0.39, 0.29) is 11.3 Å². The van der Waals surface area contributed by atoms with Crippen LogP contribution in [0.1, 0.15) is 16.1 Å². The van der Waals surface area contributed by atoms with Crippen LogP contribution in [0.2, 0.25) is 0 Å². The molecule has 0 aliphatic heterocycles. The summed E-state index contributed by atoms with van der Waals surface area (Å²) in [4.78, 5) is 21.9. The second-order valence-electron chi connectivity index (χ2n) is 5.18. The van der Waals surface area contributed by atoms with E-state index in [1.54, 1.807) is 30.3 Å². The largest absolute Gasteiger partial charge is 0.455 e. The highest BCUT2D eigenvalue weighted by Crippen LogP contribution is 2.24. The van der Waals surface area contributed by atoms with Crippen molar-refractivity contribution >= 4 is 17.8 Å². The van der Waals surface area contributed by atoms with E-state index in [0.717, 1.165) is 0 Å². The molecule has 7 nitrogen and oxygen atoms in total. The summed E-state index contributed by atoms with van der Waals surface area (Å²) < 4.78 is 19.2. The molecule has 0 unspecified atom stereocenters. The predicted octanol–water partition coefficient (Wildman–Crippen LogP) is 3.76. The average Bonchev–Trinajstić information content (AvgIpc) is 3.10. The fourth-order valence-electron chi connectivity index (χ4n) is 2.18. The van der Waals surface area contributed by atoms with Gasteiger partial charge in [0, 0.05) is 17.7 Å². The molecule has 1 aromatic heterocycles. The van der Waals surface area contributed by atoms with E-state index < -0.39 is 16.6 Å². The molecular formula is C18H12FN3O4. The van der Waals surface area contributed by atoms with Crippen molar-refractivity contribution in [1.82, 2.24) is 5.43 Å². The minimum absolute atomic E-state index is 0.110. The normalized spacial score (nSPS) is 10.8. The molecule has 0 saturated carbocycles. The zero-order chi connectivity index (χ0) is 18.5. The molecule has 1 amide bonds. The average molecular weight is 353 g/mol. The molecule has 0 bridgehead atoms. The lowest BCUT2D eigenvalue weighted by atomic mass is 10.1. The van der Waals surface area contributed by atoms with Crippen molar-refractivity contribution in [3.63, 3.8) is 0 Å². The Morgan fingerprint density at radius 3 is 2.54 bits per heavy atom. The monoisotopic (exact) mass is 353 g/mol. The Bertz CT molecular complexity index is 980. The molecule has 3 rings (SSSR count). The van der Waals surface area contributed by atoms with Crippen LogP contribution in [0.25, 0.3) is 11.3 Å². The van der Waals surface area contributed by atoms with Crippen LogP contribution in [0.4, 0.5) is 10.1 Å². The van der Waals surface area contributed by atoms with Crippen LogP contribution in [0.5, 0.6) is 0 Å². The number of nitro benzene ring substituents is 1. The number of hydrogen-bond donors (Lipinski definition) is 1. The van der Waals surface area contributed by atoms with Gasteiger partial charge >= 0.3 is 0 Å². The summed E-state index contributed by atoms with van der Waals surface area (Å²) in [6.45, 7) is 0. The van der Waals surface area contributed by atoms with Gasteiger partial charge in [0.05, 0.1) is 16.7 Å². The third-order valence-electron chi connectivity index (χ3n) is 3.46. The van der Waals surface area contributed by atoms with Gasteiger partial charge in [0.25, 0.3) is 11.6 Å². The number of furan rings is 1. The van der Waals surface area contributed by atoms with E-state index in [4.69, 9.17) is 4.42 Å². The maximum atomic E-state index is 13.7. The van der Waals surface area contributed by atoms with Crippen molar-refractivity contribution in [2.24, 2.45) is 5.10 Å². The van der Waals surface area contributed by atoms with Gasteiger partial charge in [-0.15, -0.1) is 0 Å². The minimum atomic E-state index is -0.552. The van der Waals surface area contributed by atoms with Crippen molar-refractivity contribution in [2.75, 3.05) is 0 Å². The third kappa shape index (κ3) is 3.81. The lowest BCUT2D eigenvalue weighted by Gasteiger charge is -1.99. The summed E-state index contributed by atoms with van der Waals surface area (Å²) in [5.41, 5.74) is 2.72. The Morgan fingerprint density at radius 2 is 1.85 bits per heavy atom. The summed E-state index contributed by atoms with van der Waals surface area (Å²) in [7, 11) is 0. The van der Waals surface area contributed by atoms with Gasteiger partial charge in [0.1, 0.15) is 17.3 Å². The zero-order valence-corrected chi connectivity index (χ0v) is 13.3. The Labute approximate surface area is 146 Å². The van der Waals surface area contributed by atoms with Crippen LogP contribution < -0.4 is 5.43 Å². The number of rotatable bonds is 5. The zero-order valence-electron chi connectivity index (χ0n) is 13.3. The van der Waals surface area contributed by atoms with Gasteiger partial charge in [-0.3, -0.25) is 14.9 Å². The summed E-state index contributed by atoms with van der Waals surface area (Å²) in [5, 5.41) is 14.3. The van der Waals surface area contributed by atoms with Crippen LogP contribution in [0.15, 0.2) is 70.2 Å². The first kappa shape index (κ1) is 17.0. The Morgan fingerprint density at radius 1 is 1.12 bits per heavy atom. The molecule has 1 N–H and O–H groups in total. The minimum Gasteiger partial charge on any atom is -0.455 e. The molecule has 3 aromatic rings. The van der Waals surface area contributed by atoms with Crippen molar-refractivity contribution in [1.29, 1.82) is 0 Å². The SMILES string of the molecule is O=C(N/N=C\c1ccc(-c2ccccc2F)o1)c1ccc([N+](=O)[O-])cc1. The van der Waals surface area contributed by atoms with Gasteiger partial charge in [0.15, 0.2) is 0 Å². The van der Waals surface area contributed by atoms with Crippen molar-refractivity contribution in [3.8, 4) is 11.3 Å². The first-order valence-electron chi connectivity index (χ1n) is 7.47. The topological polar surface area (TPSA) is 97.7 Å². The molecule has 0 fully saturated rings. The van der Waals surface area contributed by atoms with E-state index >= 15 is 0 Å². The van der Waals surface area contributed by atoms with Crippen LogP contribution in [-0.4, -0.2) is 17.0 Å². The molecule has 0 aliphatic carbocycles. The molecule has 0 aliphatic rings. The number of nitrogens with zero attached hydrogens (tertiary/aromatic N) is 2. The standard InChI is InChI=1S/C18H12FN3O4/c19-16-4-2-1-3-15(16)17-10-9-14(26-17)11-20-21-18(23)12-5-7-13(8-6-12)22(24)25/h1-11H,(H,21,23)/b20-11-. The number of hydrazone groups is 1. The third-order valence-corrected chi connectivity index (χ3v) is 3.46. The van der Waals surface area contributed by atoms with Gasteiger partial charge in [-0.25, -0.2) is 9.82 Å². The maximum Gasteiger partial charge on any atom is 0.271 e. The van der Waals surface area contributed by atoms with Gasteiger partial charge in [-0.05, 0) is 36.4 Å². The van der Waals surface area contributed by atoms with Crippen molar-refractivity contribution in [2.45, 2.75) is 0 Å². The Hall–Kier alpha value is -3.81. The van der Waals surface area contributed by atoms with E-state index in [1.165, 1.54) is 36.5 Å². The highest BCUT2D eigenvalue weighted by Gasteiger charge is 2.10. The first-order valence-corrected chi connectivity index (χ1v) is 7.47. The molecule has 0 spiro atoms. The summed E-state index contributed by atoms with van der Waals surface area (Å²) in [6.07, 6.45) is 1.27. The lowest BCUT2D eigenvalue weighted by molar-refractivity contribution is -0.384. The van der Waals surface area contributed by atoms with Gasteiger partial charge in [0.2, 0.25) is 0 Å². The highest BCUT2D eigenvalue weighted by atomic mass is 19.1. The number of halogens is 1. The molecule has 2 aromatic carbocycles. The number of non-ortho nitro benzene ring substituents is 1. The Balaban J connectivity index is 1.65. The predicted molar refractivity (Wildman–Crippen MR) is 92.3 cm³/mol. The van der Waals surface area contributed by atoms with Crippen molar-refractivity contribution < 1.29 is 18.5 Å². The number of nitro groups is 1. The fraction of sp³-hybridized carbons (Fsp3) is 0. The first-order chi connectivity index (χ1) is 12.5. The number of carbonyl (C=O) groups excluding carboxylic acids is 1. The molecule has 1 heterocycles. The second-order valence-corrected chi connectivity index (χ2v) is 5.18. The van der Waals surface area contributed by atoms with Gasteiger partial charge in [-0.2, -0.15) is 5.10 Å². The molecular weight excluding hydrogens is 341 g/mol. The van der Waals surface area contributed by atoms with E-state index in [1.807, 2.05) is 0 Å². The molecule has 26 heavy (non-hydrogen) atoms. The van der Waals surface area contributed by atoms with E-state index in [0.29, 0.717) is 17.1 Å². The smallest absolute Gasteiger partial charge is 0.271 e. The van der Waals surface area contributed by atoms with Crippen LogP contribution in [0, 0.1) is 15.9 Å². The van der Waals surface area contributed by atoms with Gasteiger partial charge < -0.3 is 4.42 Å². The number of benzene rings is 2. The van der Waals surface area contributed by atoms with Crippen LogP contribution in [-0.2, 0) is 0 Å². The molecule has 0 atom stereocenters. The van der Waals surface area contributed by atoms with E-state index in [9.17, 15) is 19.3 Å². The molecule has 0 saturated heterocycles. The molecule has 8 heteroatoms. The number of nitrogens with one attached hydrogen (secondary N) is 1. The maximum absolute atomic E-state index is 13.7. The lowest BCUT2D eigenvalue weighted by Crippen LogP contribution is -2.17. The summed E-state index contributed by atoms with van der Waals surface area (Å²) in [5.74, 6) is -0.271. The van der Waals surface area contributed by atoms with Gasteiger partial charge in [-0.1, -0.05) is 12.1 Å². The summed E-state index contributed by atoms with van der Waals surface area (Å²) in [6, 6.07) is 14.5. The second kappa shape index (κ2) is 7.39. The quantitative estimate of drug-likeness (QED) is 0.429. The highest BCUT2D eigenvalue weighted by molar-refractivity contribution is 5.94. The number of carbonyl (C=O) groups is 1. The number of amides is 1. The fourth-order valence-corrected chi connectivity index (χ4v) is 2.18. The van der Waals surface area contributed by atoms with Crippen LogP contribution in [0.3, 0.4) is 0 Å². The number of hydrogen-bond acceptors (Lipinski definition) is 5.